The van der Waals surface area contributed by atoms with Crippen molar-refractivity contribution < 1.29 is 19.1 Å². The maximum absolute atomic E-state index is 11.3. The third kappa shape index (κ3) is 6.38. The van der Waals surface area contributed by atoms with Crippen LogP contribution in [0, 0.1) is 5.92 Å². The molecule has 0 spiro atoms. The molecule has 0 heterocycles. The van der Waals surface area contributed by atoms with Gasteiger partial charge < -0.3 is 9.47 Å². The highest BCUT2D eigenvalue weighted by Crippen LogP contribution is 2.10. The van der Waals surface area contributed by atoms with Crippen LogP contribution in [0.5, 0.6) is 0 Å². The van der Waals surface area contributed by atoms with Gasteiger partial charge in [0, 0.05) is 5.75 Å². The molecule has 0 amide bonds. The summed E-state index contributed by atoms with van der Waals surface area (Å²) in [5.74, 6) is 0.260. The Morgan fingerprint density at radius 3 is 2.20 bits per heavy atom. The first-order chi connectivity index (χ1) is 7.15. The molecule has 0 saturated carbocycles. The fraction of sp³-hybridized carbons (Fsp3) is 0.800. The van der Waals surface area contributed by atoms with E-state index in [1.807, 2.05) is 20.8 Å². The van der Waals surface area contributed by atoms with Gasteiger partial charge in [-0.2, -0.15) is 0 Å². The van der Waals surface area contributed by atoms with Gasteiger partial charge in [0.2, 0.25) is 6.79 Å². The van der Waals surface area contributed by atoms with Crippen molar-refractivity contribution in [2.75, 3.05) is 12.5 Å². The summed E-state index contributed by atoms with van der Waals surface area (Å²) in [7, 11) is 0. The number of hydrogen-bond acceptors (Lipinski definition) is 5. The zero-order chi connectivity index (χ0) is 11.7. The van der Waals surface area contributed by atoms with E-state index >= 15 is 0 Å². The van der Waals surface area contributed by atoms with Crippen LogP contribution < -0.4 is 0 Å². The number of rotatable bonds is 6. The lowest BCUT2D eigenvalue weighted by Gasteiger charge is -2.11. The van der Waals surface area contributed by atoms with E-state index in [2.05, 4.69) is 4.74 Å². The summed E-state index contributed by atoms with van der Waals surface area (Å²) in [6.07, 6.45) is 1.49. The molecule has 5 heteroatoms. The van der Waals surface area contributed by atoms with Crippen LogP contribution in [-0.4, -0.2) is 23.8 Å². The summed E-state index contributed by atoms with van der Waals surface area (Å²) in [4.78, 5) is 22.2. The van der Waals surface area contributed by atoms with Crippen molar-refractivity contribution in [2.24, 2.45) is 5.92 Å². The predicted molar refractivity (Wildman–Crippen MR) is 59.6 cm³/mol. The Bertz CT molecular complexity index is 202. The Hall–Kier alpha value is -0.710. The molecule has 88 valence electrons. The molecular weight excluding hydrogens is 216 g/mol. The average Bonchev–Trinajstić information content (AvgIpc) is 2.20. The SMILES string of the molecule is CCSC(=O)OCOC(=O)C(CC)CC. The lowest BCUT2D eigenvalue weighted by Crippen LogP contribution is -2.18. The van der Waals surface area contributed by atoms with Gasteiger partial charge in [-0.1, -0.05) is 20.8 Å². The van der Waals surface area contributed by atoms with E-state index in [1.165, 1.54) is 0 Å². The van der Waals surface area contributed by atoms with E-state index in [0.29, 0.717) is 5.75 Å². The summed E-state index contributed by atoms with van der Waals surface area (Å²) in [5, 5.41) is -0.408. The van der Waals surface area contributed by atoms with Crippen LogP contribution in [-0.2, 0) is 14.3 Å². The topological polar surface area (TPSA) is 52.6 Å². The molecule has 0 aliphatic heterocycles. The summed E-state index contributed by atoms with van der Waals surface area (Å²) >= 11 is 1.05. The molecule has 0 aromatic heterocycles. The minimum atomic E-state index is -0.408. The zero-order valence-corrected chi connectivity index (χ0v) is 10.3. The number of hydrogen-bond donors (Lipinski definition) is 0. The van der Waals surface area contributed by atoms with Gasteiger partial charge >= 0.3 is 11.3 Å². The Morgan fingerprint density at radius 2 is 1.73 bits per heavy atom. The summed E-state index contributed by atoms with van der Waals surface area (Å²) in [6.45, 7) is 5.42. The second kappa shape index (κ2) is 8.59. The van der Waals surface area contributed by atoms with Crippen LogP contribution >= 0.6 is 11.8 Å². The smallest absolute Gasteiger partial charge is 0.370 e. The lowest BCUT2D eigenvalue weighted by atomic mass is 10.0. The number of carbonyl (C=O) groups is 2. The van der Waals surface area contributed by atoms with Gasteiger partial charge in [0.05, 0.1) is 5.92 Å². The standard InChI is InChI=1S/C10H18O4S/c1-4-8(5-2)9(11)13-7-14-10(12)15-6-3/h8H,4-7H2,1-3H3. The number of esters is 1. The van der Waals surface area contributed by atoms with Gasteiger partial charge in [-0.15, -0.1) is 0 Å². The quantitative estimate of drug-likeness (QED) is 0.522. The second-order valence-electron chi connectivity index (χ2n) is 2.92. The molecule has 0 aliphatic rings. The molecule has 0 unspecified atom stereocenters. The second-order valence-corrected chi connectivity index (χ2v) is 4.12. The van der Waals surface area contributed by atoms with E-state index < -0.39 is 5.30 Å². The Labute approximate surface area is 94.7 Å². The Balaban J connectivity index is 3.67. The van der Waals surface area contributed by atoms with E-state index in [1.54, 1.807) is 0 Å². The van der Waals surface area contributed by atoms with Crippen LogP contribution in [0.15, 0.2) is 0 Å². The highest BCUT2D eigenvalue weighted by atomic mass is 32.2. The molecule has 0 bridgehead atoms. The van der Waals surface area contributed by atoms with Gasteiger partial charge in [0.25, 0.3) is 0 Å². The summed E-state index contributed by atoms with van der Waals surface area (Å²) in [5.41, 5.74) is 0. The first kappa shape index (κ1) is 14.3. The predicted octanol–water partition coefficient (Wildman–Crippen LogP) is 2.81. The van der Waals surface area contributed by atoms with E-state index in [4.69, 9.17) is 4.74 Å². The van der Waals surface area contributed by atoms with Crippen LogP contribution in [0.2, 0.25) is 0 Å². The molecular formula is C10H18O4S. The molecule has 0 atom stereocenters. The minimum absolute atomic E-state index is 0.0949. The molecule has 0 rings (SSSR count). The van der Waals surface area contributed by atoms with Crippen LogP contribution in [0.25, 0.3) is 0 Å². The third-order valence-electron chi connectivity index (χ3n) is 1.96. The molecule has 0 aromatic rings. The van der Waals surface area contributed by atoms with Crippen molar-refractivity contribution >= 4 is 23.0 Å². The molecule has 0 aliphatic carbocycles. The van der Waals surface area contributed by atoms with Crippen molar-refractivity contribution in [2.45, 2.75) is 33.6 Å². The van der Waals surface area contributed by atoms with E-state index in [-0.39, 0.29) is 18.7 Å². The van der Waals surface area contributed by atoms with Crippen LogP contribution in [0.4, 0.5) is 4.79 Å². The largest absolute Gasteiger partial charge is 0.428 e. The van der Waals surface area contributed by atoms with Crippen molar-refractivity contribution in [3.8, 4) is 0 Å². The number of ether oxygens (including phenoxy) is 2. The van der Waals surface area contributed by atoms with Crippen LogP contribution in [0.1, 0.15) is 33.6 Å². The van der Waals surface area contributed by atoms with E-state index in [0.717, 1.165) is 24.6 Å². The normalized spacial score (nSPS) is 10.1. The van der Waals surface area contributed by atoms with Gasteiger partial charge in [-0.3, -0.25) is 4.79 Å². The number of thioether (sulfide) groups is 1. The Kier molecular flexibility index (Phi) is 8.18. The van der Waals surface area contributed by atoms with Gasteiger partial charge in [0.1, 0.15) is 0 Å². The van der Waals surface area contributed by atoms with E-state index in [9.17, 15) is 9.59 Å². The molecule has 0 aromatic carbocycles. The highest BCUT2D eigenvalue weighted by molar-refractivity contribution is 8.13. The molecule has 15 heavy (non-hydrogen) atoms. The van der Waals surface area contributed by atoms with Gasteiger partial charge in [0.15, 0.2) is 0 Å². The minimum Gasteiger partial charge on any atom is -0.428 e. The fourth-order valence-electron chi connectivity index (χ4n) is 1.04. The molecule has 0 saturated heterocycles. The number of carbonyl (C=O) groups excluding carboxylic acids is 2. The van der Waals surface area contributed by atoms with Crippen LogP contribution in [0.3, 0.4) is 0 Å². The first-order valence-corrected chi connectivity index (χ1v) is 6.10. The summed E-state index contributed by atoms with van der Waals surface area (Å²) < 4.78 is 9.48. The maximum atomic E-state index is 11.3. The molecule has 0 fully saturated rings. The lowest BCUT2D eigenvalue weighted by molar-refractivity contribution is -0.156. The van der Waals surface area contributed by atoms with Crippen molar-refractivity contribution in [3.63, 3.8) is 0 Å². The molecule has 0 N–H and O–H groups in total. The van der Waals surface area contributed by atoms with Crippen molar-refractivity contribution in [1.29, 1.82) is 0 Å². The fourth-order valence-corrected chi connectivity index (χ4v) is 1.40. The first-order valence-electron chi connectivity index (χ1n) is 5.11. The highest BCUT2D eigenvalue weighted by Gasteiger charge is 2.15. The Morgan fingerprint density at radius 1 is 1.13 bits per heavy atom. The van der Waals surface area contributed by atoms with Crippen molar-refractivity contribution in [1.82, 2.24) is 0 Å². The van der Waals surface area contributed by atoms with Gasteiger partial charge in [-0.05, 0) is 24.6 Å². The van der Waals surface area contributed by atoms with Gasteiger partial charge in [-0.25, -0.2) is 4.79 Å². The average molecular weight is 234 g/mol. The third-order valence-corrected chi connectivity index (χ3v) is 2.60. The summed E-state index contributed by atoms with van der Waals surface area (Å²) in [6, 6.07) is 0. The molecule has 0 radical (unpaired) electrons. The van der Waals surface area contributed by atoms with Crippen molar-refractivity contribution in [3.05, 3.63) is 0 Å². The molecule has 4 nitrogen and oxygen atoms in total. The zero-order valence-electron chi connectivity index (χ0n) is 9.45. The monoisotopic (exact) mass is 234 g/mol. The maximum Gasteiger partial charge on any atom is 0.370 e.